The Kier molecular flexibility index (Phi) is 7.24. The number of fused-ring (bicyclic) bond motifs is 9. The van der Waals surface area contributed by atoms with Gasteiger partial charge in [-0.2, -0.15) is 0 Å². The molecular formula is C51H34N4OS. The van der Waals surface area contributed by atoms with Gasteiger partial charge in [-0.15, -0.1) is 11.3 Å². The Bertz CT molecular complexity index is 3320. The summed E-state index contributed by atoms with van der Waals surface area (Å²) in [4.78, 5) is 5.16. The Morgan fingerprint density at radius 3 is 1.95 bits per heavy atom. The highest BCUT2D eigenvalue weighted by Crippen LogP contribution is 2.43. The first-order valence-corrected chi connectivity index (χ1v) is 20.2. The van der Waals surface area contributed by atoms with Crippen molar-refractivity contribution in [1.29, 1.82) is 0 Å². The second kappa shape index (κ2) is 12.8. The molecule has 11 aromatic rings. The van der Waals surface area contributed by atoms with Crippen LogP contribution in [0.4, 0.5) is 0 Å². The fourth-order valence-electron chi connectivity index (χ4n) is 8.79. The van der Waals surface area contributed by atoms with E-state index in [4.69, 9.17) is 9.41 Å². The molecule has 5 nitrogen and oxygen atoms in total. The first-order chi connectivity index (χ1) is 28.2. The van der Waals surface area contributed by atoms with Crippen LogP contribution in [0.25, 0.3) is 80.7 Å². The van der Waals surface area contributed by atoms with Crippen LogP contribution < -0.4 is 10.6 Å². The topological polar surface area (TPSA) is 54.5 Å². The van der Waals surface area contributed by atoms with Gasteiger partial charge in [0.25, 0.3) is 0 Å². The highest BCUT2D eigenvalue weighted by Gasteiger charge is 2.26. The number of aromatic nitrogens is 1. The van der Waals surface area contributed by atoms with Crippen molar-refractivity contribution < 1.29 is 4.42 Å². The van der Waals surface area contributed by atoms with Crippen molar-refractivity contribution in [2.45, 2.75) is 12.3 Å². The standard InChI is InChI=1S/C51H34N4OS/c1-3-12-31(13-4-1)49-52-50(32-14-5-2-6-15-32)54-51(53-49)35-23-26-39-38-25-22-34(29-44(38)56-45(39)30-35)33-24-27-46-40(28-33)48-43(20-11-21-47(48)57-46)55-41-18-9-7-16-36(41)37-17-8-10-19-42(37)55/h1-30,49,51,53H,(H,52,54). The van der Waals surface area contributed by atoms with Crippen LogP contribution in [0.3, 0.4) is 0 Å². The smallest absolute Gasteiger partial charge is 0.136 e. The molecule has 0 amide bonds. The van der Waals surface area contributed by atoms with E-state index in [2.05, 4.69) is 173 Å². The number of hydrogen-bond donors (Lipinski definition) is 2. The fraction of sp³-hybridized carbons (Fsp3) is 0.0392. The van der Waals surface area contributed by atoms with E-state index in [-0.39, 0.29) is 12.3 Å². The molecule has 57 heavy (non-hydrogen) atoms. The monoisotopic (exact) mass is 750 g/mol. The van der Waals surface area contributed by atoms with Gasteiger partial charge in [0, 0.05) is 47.3 Å². The molecule has 0 saturated carbocycles. The van der Waals surface area contributed by atoms with Gasteiger partial charge in [-0.3, -0.25) is 5.32 Å². The van der Waals surface area contributed by atoms with E-state index in [0.29, 0.717) is 0 Å². The second-order valence-corrected chi connectivity index (χ2v) is 15.9. The Labute approximate surface area is 332 Å². The maximum Gasteiger partial charge on any atom is 0.136 e. The molecule has 4 heterocycles. The molecule has 12 rings (SSSR count). The molecule has 8 aromatic carbocycles. The van der Waals surface area contributed by atoms with Gasteiger partial charge in [-0.25, -0.2) is 4.99 Å². The third-order valence-corrected chi connectivity index (χ3v) is 12.6. The van der Waals surface area contributed by atoms with Gasteiger partial charge in [0.05, 0.1) is 16.7 Å². The summed E-state index contributed by atoms with van der Waals surface area (Å²) in [6.07, 6.45) is -0.368. The minimum Gasteiger partial charge on any atom is -0.456 e. The highest BCUT2D eigenvalue weighted by atomic mass is 32.1. The number of furan rings is 1. The van der Waals surface area contributed by atoms with Crippen LogP contribution in [0, 0.1) is 0 Å². The van der Waals surface area contributed by atoms with Crippen molar-refractivity contribution in [1.82, 2.24) is 15.2 Å². The van der Waals surface area contributed by atoms with Crippen LogP contribution in [0.15, 0.2) is 191 Å². The third kappa shape index (κ3) is 5.22. The number of aliphatic imine (C=N–C) groups is 1. The summed E-state index contributed by atoms with van der Waals surface area (Å²) in [6, 6.07) is 65.0. The number of thiophene rings is 1. The molecule has 1 aliphatic rings. The number of nitrogens with one attached hydrogen (secondary N) is 2. The van der Waals surface area contributed by atoms with Crippen molar-refractivity contribution in [3.63, 3.8) is 0 Å². The fourth-order valence-corrected chi connectivity index (χ4v) is 9.90. The summed E-state index contributed by atoms with van der Waals surface area (Å²) in [7, 11) is 0. The predicted octanol–water partition coefficient (Wildman–Crippen LogP) is 13.1. The first-order valence-electron chi connectivity index (χ1n) is 19.3. The van der Waals surface area contributed by atoms with Gasteiger partial charge < -0.3 is 14.3 Å². The van der Waals surface area contributed by atoms with E-state index in [1.54, 1.807) is 0 Å². The van der Waals surface area contributed by atoms with Crippen molar-refractivity contribution in [2.24, 2.45) is 4.99 Å². The molecule has 6 heteroatoms. The van der Waals surface area contributed by atoms with E-state index in [1.807, 2.05) is 35.6 Å². The van der Waals surface area contributed by atoms with Crippen LogP contribution in [-0.4, -0.2) is 10.4 Å². The van der Waals surface area contributed by atoms with Crippen molar-refractivity contribution >= 4 is 81.1 Å². The summed E-state index contributed by atoms with van der Waals surface area (Å²) in [5.74, 6) is 0.861. The third-order valence-electron chi connectivity index (χ3n) is 11.5. The van der Waals surface area contributed by atoms with E-state index in [9.17, 15) is 0 Å². The molecule has 2 N–H and O–H groups in total. The van der Waals surface area contributed by atoms with E-state index < -0.39 is 0 Å². The van der Waals surface area contributed by atoms with Crippen LogP contribution in [-0.2, 0) is 0 Å². The number of benzene rings is 8. The largest absolute Gasteiger partial charge is 0.456 e. The summed E-state index contributed by atoms with van der Waals surface area (Å²) in [5, 5.41) is 14.6. The molecule has 0 fully saturated rings. The lowest BCUT2D eigenvalue weighted by Gasteiger charge is -2.32. The van der Waals surface area contributed by atoms with E-state index in [0.717, 1.165) is 55.6 Å². The highest BCUT2D eigenvalue weighted by molar-refractivity contribution is 7.25. The maximum absolute atomic E-state index is 6.67. The summed E-state index contributed by atoms with van der Waals surface area (Å²) in [5.41, 5.74) is 10.9. The number of amidine groups is 1. The summed E-state index contributed by atoms with van der Waals surface area (Å²) in [6.45, 7) is 0. The number of nitrogens with zero attached hydrogens (tertiary/aromatic N) is 2. The van der Waals surface area contributed by atoms with E-state index >= 15 is 0 Å². The van der Waals surface area contributed by atoms with Gasteiger partial charge in [0.1, 0.15) is 29.3 Å². The molecule has 3 aromatic heterocycles. The van der Waals surface area contributed by atoms with Crippen molar-refractivity contribution in [2.75, 3.05) is 0 Å². The zero-order valence-electron chi connectivity index (χ0n) is 30.7. The molecule has 0 radical (unpaired) electrons. The molecule has 0 saturated heterocycles. The number of rotatable bonds is 5. The Morgan fingerprint density at radius 2 is 1.16 bits per heavy atom. The van der Waals surface area contributed by atoms with Crippen molar-refractivity contribution in [3.05, 3.63) is 199 Å². The molecule has 0 spiro atoms. The predicted molar refractivity (Wildman–Crippen MR) is 238 cm³/mol. The lowest BCUT2D eigenvalue weighted by molar-refractivity contribution is 0.409. The molecule has 270 valence electrons. The molecule has 2 atom stereocenters. The molecule has 2 unspecified atom stereocenters. The molecule has 0 aliphatic carbocycles. The quantitative estimate of drug-likeness (QED) is 0.184. The zero-order valence-corrected chi connectivity index (χ0v) is 31.5. The first kappa shape index (κ1) is 32.3. The summed E-state index contributed by atoms with van der Waals surface area (Å²) >= 11 is 1.85. The summed E-state index contributed by atoms with van der Waals surface area (Å²) < 4.78 is 11.7. The van der Waals surface area contributed by atoms with Gasteiger partial charge in [0.2, 0.25) is 0 Å². The minimum atomic E-state index is -0.264. The normalized spacial score (nSPS) is 15.9. The number of para-hydroxylation sites is 2. The number of hydrogen-bond acceptors (Lipinski definition) is 5. The van der Waals surface area contributed by atoms with Gasteiger partial charge in [-0.1, -0.05) is 127 Å². The Balaban J connectivity index is 0.946. The van der Waals surface area contributed by atoms with Crippen LogP contribution in [0.2, 0.25) is 0 Å². The van der Waals surface area contributed by atoms with Crippen molar-refractivity contribution in [3.8, 4) is 16.8 Å². The van der Waals surface area contributed by atoms with Crippen LogP contribution in [0.5, 0.6) is 0 Å². The SMILES string of the molecule is c1ccc(C2=NC(c3ccc4c(c3)oc3cc(-c5ccc6sc7cccc(-n8c9ccccc9c9ccccc98)c7c6c5)ccc34)NC(c3ccccc3)N2)cc1. The lowest BCUT2D eigenvalue weighted by atomic mass is 10.0. The van der Waals surface area contributed by atoms with E-state index in [1.165, 1.54) is 47.7 Å². The maximum atomic E-state index is 6.67. The minimum absolute atomic E-state index is 0.103. The van der Waals surface area contributed by atoms with Gasteiger partial charge in [0.15, 0.2) is 0 Å². The van der Waals surface area contributed by atoms with Crippen LogP contribution >= 0.6 is 11.3 Å². The Morgan fingerprint density at radius 1 is 0.491 bits per heavy atom. The Hall–Kier alpha value is -6.99. The molecule has 1 aliphatic heterocycles. The molecule has 0 bridgehead atoms. The average molecular weight is 751 g/mol. The second-order valence-electron chi connectivity index (χ2n) is 14.8. The zero-order chi connectivity index (χ0) is 37.5. The average Bonchev–Trinajstić information content (AvgIpc) is 3.95. The molecular weight excluding hydrogens is 717 g/mol. The lowest BCUT2D eigenvalue weighted by Crippen LogP contribution is -2.44. The van der Waals surface area contributed by atoms with Gasteiger partial charge in [-0.05, 0) is 76.9 Å². The van der Waals surface area contributed by atoms with Crippen LogP contribution in [0.1, 0.15) is 29.0 Å². The van der Waals surface area contributed by atoms with Gasteiger partial charge >= 0.3 is 0 Å².